The lowest BCUT2D eigenvalue weighted by Gasteiger charge is -2.16. The number of para-hydroxylation sites is 2. The summed E-state index contributed by atoms with van der Waals surface area (Å²) in [5.41, 5.74) is 6.40. The van der Waals surface area contributed by atoms with Crippen molar-refractivity contribution in [3.63, 3.8) is 0 Å². The second-order valence-electron chi connectivity index (χ2n) is 9.78. The molecule has 0 amide bonds. The Hall–Kier alpha value is -5.08. The number of fused-ring (bicyclic) bond motifs is 9. The van der Waals surface area contributed by atoms with Gasteiger partial charge >= 0.3 is 0 Å². The number of pyridine rings is 2. The number of hydrogen-bond acceptors (Lipinski definition) is 2. The molecule has 0 unspecified atom stereocenters. The van der Waals surface area contributed by atoms with Gasteiger partial charge < -0.3 is 0 Å². The first-order valence-corrected chi connectivity index (χ1v) is 12.9. The minimum absolute atomic E-state index is 1.01. The summed E-state index contributed by atoms with van der Waals surface area (Å²) >= 11 is 0. The molecule has 6 aromatic carbocycles. The molecule has 0 fully saturated rings. The van der Waals surface area contributed by atoms with Crippen molar-refractivity contribution in [3.05, 3.63) is 134 Å². The summed E-state index contributed by atoms with van der Waals surface area (Å²) in [5, 5.41) is 9.80. The summed E-state index contributed by atoms with van der Waals surface area (Å²) in [6.07, 6.45) is 1.87. The zero-order valence-electron chi connectivity index (χ0n) is 20.6. The fourth-order valence-electron chi connectivity index (χ4n) is 6.01. The lowest BCUT2D eigenvalue weighted by atomic mass is 9.89. The first kappa shape index (κ1) is 21.0. The van der Waals surface area contributed by atoms with E-state index in [1.807, 2.05) is 12.3 Å². The molecule has 0 bridgehead atoms. The molecule has 0 aliphatic heterocycles. The Bertz CT molecular complexity index is 2190. The zero-order valence-corrected chi connectivity index (χ0v) is 20.6. The van der Waals surface area contributed by atoms with Gasteiger partial charge in [0.1, 0.15) is 0 Å². The standard InChI is InChI=1S/C36H22N2/c1-3-16-29-27(14-1)28-15-2-4-17-30(28)34-33(29)31-18-5-6-20-32(31)38-36(34)25-12-7-11-24(22-25)26-19-8-10-23-13-9-21-37-35(23)26/h1-22H. The average Bonchev–Trinajstić information content (AvgIpc) is 3.00. The van der Waals surface area contributed by atoms with Crippen LogP contribution >= 0.6 is 0 Å². The summed E-state index contributed by atoms with van der Waals surface area (Å²) in [4.78, 5) is 10.0. The number of benzene rings is 6. The molecule has 38 heavy (non-hydrogen) atoms. The van der Waals surface area contributed by atoms with Gasteiger partial charge in [-0.25, -0.2) is 4.98 Å². The largest absolute Gasteiger partial charge is 0.256 e. The second kappa shape index (κ2) is 8.22. The van der Waals surface area contributed by atoms with Crippen molar-refractivity contribution in [2.45, 2.75) is 0 Å². The molecule has 8 aromatic rings. The van der Waals surface area contributed by atoms with Gasteiger partial charge in [0.15, 0.2) is 0 Å². The molecule has 0 spiro atoms. The van der Waals surface area contributed by atoms with Gasteiger partial charge in [-0.3, -0.25) is 4.98 Å². The third-order valence-corrected chi connectivity index (χ3v) is 7.66. The SMILES string of the molecule is c1cc(-c2cccc3cccnc23)cc(-c2nc3ccccc3c3c4ccccc4c4ccccc4c23)c1. The van der Waals surface area contributed by atoms with Crippen molar-refractivity contribution in [3.8, 4) is 22.4 Å². The van der Waals surface area contributed by atoms with Gasteiger partial charge in [0.25, 0.3) is 0 Å². The second-order valence-corrected chi connectivity index (χ2v) is 9.78. The van der Waals surface area contributed by atoms with E-state index in [0.717, 1.165) is 38.8 Å². The first-order chi connectivity index (χ1) is 18.9. The van der Waals surface area contributed by atoms with E-state index in [9.17, 15) is 0 Å². The molecule has 0 N–H and O–H groups in total. The number of nitrogens with zero attached hydrogens (tertiary/aromatic N) is 2. The number of hydrogen-bond donors (Lipinski definition) is 0. The van der Waals surface area contributed by atoms with Gasteiger partial charge in [-0.1, -0.05) is 109 Å². The molecule has 0 radical (unpaired) electrons. The summed E-state index contributed by atoms with van der Waals surface area (Å²) < 4.78 is 0. The highest BCUT2D eigenvalue weighted by Gasteiger charge is 2.17. The van der Waals surface area contributed by atoms with E-state index >= 15 is 0 Å². The Labute approximate surface area is 219 Å². The Morgan fingerprint density at radius 1 is 0.447 bits per heavy atom. The molecule has 176 valence electrons. The fraction of sp³-hybridized carbons (Fsp3) is 0. The van der Waals surface area contributed by atoms with Gasteiger partial charge in [0, 0.05) is 38.9 Å². The molecule has 2 nitrogen and oxygen atoms in total. The summed E-state index contributed by atoms with van der Waals surface area (Å²) in [6.45, 7) is 0. The van der Waals surface area contributed by atoms with Crippen molar-refractivity contribution in [1.29, 1.82) is 0 Å². The molecule has 2 aromatic heterocycles. The lowest BCUT2D eigenvalue weighted by molar-refractivity contribution is 1.41. The highest BCUT2D eigenvalue weighted by Crippen LogP contribution is 2.43. The molecule has 2 heterocycles. The van der Waals surface area contributed by atoms with Crippen LogP contribution in [0.2, 0.25) is 0 Å². The maximum absolute atomic E-state index is 5.31. The van der Waals surface area contributed by atoms with Crippen molar-refractivity contribution < 1.29 is 0 Å². The van der Waals surface area contributed by atoms with Crippen LogP contribution in [0.5, 0.6) is 0 Å². The van der Waals surface area contributed by atoms with E-state index < -0.39 is 0 Å². The Morgan fingerprint density at radius 2 is 1.08 bits per heavy atom. The molecular weight excluding hydrogens is 460 g/mol. The fourth-order valence-corrected chi connectivity index (χ4v) is 6.01. The predicted molar refractivity (Wildman–Crippen MR) is 160 cm³/mol. The van der Waals surface area contributed by atoms with Crippen molar-refractivity contribution in [1.82, 2.24) is 9.97 Å². The van der Waals surface area contributed by atoms with Crippen molar-refractivity contribution >= 4 is 54.1 Å². The Kier molecular flexibility index (Phi) is 4.55. The quantitative estimate of drug-likeness (QED) is 0.229. The third-order valence-electron chi connectivity index (χ3n) is 7.66. The average molecular weight is 483 g/mol. The van der Waals surface area contributed by atoms with Gasteiger partial charge in [0.05, 0.1) is 16.7 Å². The van der Waals surface area contributed by atoms with Crippen LogP contribution in [-0.4, -0.2) is 9.97 Å². The van der Waals surface area contributed by atoms with Gasteiger partial charge in [0.2, 0.25) is 0 Å². The zero-order chi connectivity index (χ0) is 25.1. The smallest absolute Gasteiger partial charge is 0.0794 e. The summed E-state index contributed by atoms with van der Waals surface area (Å²) in [5.74, 6) is 0. The summed E-state index contributed by atoms with van der Waals surface area (Å²) in [7, 11) is 0. The van der Waals surface area contributed by atoms with Gasteiger partial charge in [-0.2, -0.15) is 0 Å². The van der Waals surface area contributed by atoms with E-state index in [1.54, 1.807) is 0 Å². The minimum atomic E-state index is 1.01. The topological polar surface area (TPSA) is 25.8 Å². The van der Waals surface area contributed by atoms with Crippen LogP contribution in [0.25, 0.3) is 76.5 Å². The van der Waals surface area contributed by atoms with Crippen LogP contribution < -0.4 is 0 Å². The highest BCUT2D eigenvalue weighted by molar-refractivity contribution is 6.33. The predicted octanol–water partition coefficient (Wildman–Crippen LogP) is 9.58. The normalized spacial score (nSPS) is 11.7. The molecule has 0 aliphatic rings. The minimum Gasteiger partial charge on any atom is -0.256 e. The van der Waals surface area contributed by atoms with Crippen molar-refractivity contribution in [2.75, 3.05) is 0 Å². The molecule has 0 atom stereocenters. The van der Waals surface area contributed by atoms with Crippen LogP contribution in [0.4, 0.5) is 0 Å². The maximum Gasteiger partial charge on any atom is 0.0794 e. The number of aromatic nitrogens is 2. The molecule has 0 saturated heterocycles. The molecule has 8 rings (SSSR count). The van der Waals surface area contributed by atoms with E-state index in [4.69, 9.17) is 9.97 Å². The van der Waals surface area contributed by atoms with Gasteiger partial charge in [-0.15, -0.1) is 0 Å². The third kappa shape index (κ3) is 3.07. The maximum atomic E-state index is 5.31. The molecule has 0 saturated carbocycles. The van der Waals surface area contributed by atoms with Gasteiger partial charge in [-0.05, 0) is 45.3 Å². The monoisotopic (exact) mass is 482 g/mol. The summed E-state index contributed by atoms with van der Waals surface area (Å²) in [6, 6.07) is 45.2. The highest BCUT2D eigenvalue weighted by atomic mass is 14.7. The van der Waals surface area contributed by atoms with Crippen LogP contribution in [0.3, 0.4) is 0 Å². The van der Waals surface area contributed by atoms with E-state index in [0.29, 0.717) is 0 Å². The van der Waals surface area contributed by atoms with Crippen molar-refractivity contribution in [2.24, 2.45) is 0 Å². The van der Waals surface area contributed by atoms with Crippen LogP contribution in [0.15, 0.2) is 134 Å². The first-order valence-electron chi connectivity index (χ1n) is 12.9. The molecule has 2 heteroatoms. The van der Waals surface area contributed by atoms with E-state index in [1.165, 1.54) is 37.7 Å². The Morgan fingerprint density at radius 3 is 1.89 bits per heavy atom. The number of rotatable bonds is 2. The van der Waals surface area contributed by atoms with E-state index in [2.05, 4.69) is 121 Å². The van der Waals surface area contributed by atoms with Crippen LogP contribution in [0, 0.1) is 0 Å². The lowest BCUT2D eigenvalue weighted by Crippen LogP contribution is -1.93. The van der Waals surface area contributed by atoms with Crippen LogP contribution in [0.1, 0.15) is 0 Å². The van der Waals surface area contributed by atoms with Crippen LogP contribution in [-0.2, 0) is 0 Å². The molecular formula is C36H22N2. The molecule has 0 aliphatic carbocycles. The Balaban J connectivity index is 1.52. The van der Waals surface area contributed by atoms with E-state index in [-0.39, 0.29) is 0 Å².